The van der Waals surface area contributed by atoms with Gasteiger partial charge in [-0.25, -0.2) is 0 Å². The number of halogens is 1. The van der Waals surface area contributed by atoms with Crippen molar-refractivity contribution in [2.24, 2.45) is 0 Å². The fourth-order valence-electron chi connectivity index (χ4n) is 2.16. The molecule has 0 bridgehead atoms. The summed E-state index contributed by atoms with van der Waals surface area (Å²) in [5, 5.41) is 7.81. The van der Waals surface area contributed by atoms with Crippen molar-refractivity contribution in [3.05, 3.63) is 59.1 Å². The van der Waals surface area contributed by atoms with E-state index in [-0.39, 0.29) is 0 Å². The first kappa shape index (κ1) is 17.6. The van der Waals surface area contributed by atoms with E-state index in [2.05, 4.69) is 16.7 Å². The molecule has 0 heterocycles. The first-order chi connectivity index (χ1) is 11.2. The van der Waals surface area contributed by atoms with E-state index in [4.69, 9.17) is 28.6 Å². The summed E-state index contributed by atoms with van der Waals surface area (Å²) in [6.45, 7) is 3.43. The first-order valence-corrected chi connectivity index (χ1v) is 8.49. The zero-order valence-corrected chi connectivity index (χ0v) is 14.7. The Morgan fingerprint density at radius 1 is 1.13 bits per heavy atom. The highest BCUT2D eigenvalue weighted by atomic mass is 35.5. The molecule has 2 N–H and O–H groups in total. The summed E-state index contributed by atoms with van der Waals surface area (Å²) in [6.07, 6.45) is 1.90. The van der Waals surface area contributed by atoms with Crippen LogP contribution >= 0.6 is 23.8 Å². The lowest BCUT2D eigenvalue weighted by Crippen LogP contribution is -2.29. The van der Waals surface area contributed by atoms with Gasteiger partial charge in [-0.1, -0.05) is 29.8 Å². The molecule has 0 saturated heterocycles. The van der Waals surface area contributed by atoms with Crippen molar-refractivity contribution in [2.75, 3.05) is 18.5 Å². The van der Waals surface area contributed by atoms with Gasteiger partial charge in [-0.05, 0) is 67.9 Å². The number of thiocarbonyl (C=S) groups is 1. The molecule has 0 atom stereocenters. The Kier molecular flexibility index (Phi) is 7.17. The van der Waals surface area contributed by atoms with Crippen molar-refractivity contribution < 1.29 is 4.74 Å². The number of rotatable bonds is 7. The number of aryl methyl sites for hydroxylation is 1. The van der Waals surface area contributed by atoms with E-state index in [9.17, 15) is 0 Å². The molecule has 0 fully saturated rings. The molecule has 0 unspecified atom stereocenters. The van der Waals surface area contributed by atoms with E-state index < -0.39 is 0 Å². The second kappa shape index (κ2) is 9.38. The quantitative estimate of drug-likeness (QED) is 0.563. The standard InChI is InChI=1S/C18H21ClN2OS/c1-2-22-16-11-9-15(10-12-16)21-18(23)20-13-5-7-14-6-3-4-8-17(14)19/h3-4,6,8-12H,2,5,7,13H2,1H3,(H2,20,21,23). The molecular formula is C18H21ClN2OS. The lowest BCUT2D eigenvalue weighted by atomic mass is 10.1. The van der Waals surface area contributed by atoms with E-state index in [1.165, 1.54) is 5.56 Å². The van der Waals surface area contributed by atoms with Gasteiger partial charge in [-0.15, -0.1) is 0 Å². The lowest BCUT2D eigenvalue weighted by molar-refractivity contribution is 0.340. The van der Waals surface area contributed by atoms with Crippen molar-refractivity contribution in [1.82, 2.24) is 5.32 Å². The highest BCUT2D eigenvalue weighted by Gasteiger charge is 2.01. The maximum atomic E-state index is 6.14. The van der Waals surface area contributed by atoms with E-state index in [1.54, 1.807) is 0 Å². The Balaban J connectivity index is 1.70. The molecule has 0 amide bonds. The number of anilines is 1. The number of benzene rings is 2. The smallest absolute Gasteiger partial charge is 0.170 e. The van der Waals surface area contributed by atoms with Crippen LogP contribution in [0.25, 0.3) is 0 Å². The first-order valence-electron chi connectivity index (χ1n) is 7.70. The molecule has 122 valence electrons. The highest BCUT2D eigenvalue weighted by Crippen LogP contribution is 2.17. The predicted molar refractivity (Wildman–Crippen MR) is 102 cm³/mol. The van der Waals surface area contributed by atoms with E-state index >= 15 is 0 Å². The molecule has 5 heteroatoms. The summed E-state index contributed by atoms with van der Waals surface area (Å²) >= 11 is 11.4. The molecule has 2 aromatic carbocycles. The average molecular weight is 349 g/mol. The summed E-state index contributed by atoms with van der Waals surface area (Å²) in [6, 6.07) is 15.7. The van der Waals surface area contributed by atoms with Crippen LogP contribution in [0.3, 0.4) is 0 Å². The van der Waals surface area contributed by atoms with E-state index in [0.717, 1.165) is 35.8 Å². The summed E-state index contributed by atoms with van der Waals surface area (Å²) in [5.41, 5.74) is 2.11. The van der Waals surface area contributed by atoms with Crippen LogP contribution in [0.2, 0.25) is 5.02 Å². The van der Waals surface area contributed by atoms with Gasteiger partial charge in [0.25, 0.3) is 0 Å². The molecule has 0 aliphatic heterocycles. The molecule has 2 rings (SSSR count). The Bertz CT molecular complexity index is 631. The lowest BCUT2D eigenvalue weighted by Gasteiger charge is -2.11. The van der Waals surface area contributed by atoms with Crippen LogP contribution in [0.15, 0.2) is 48.5 Å². The van der Waals surface area contributed by atoms with Crippen molar-refractivity contribution in [1.29, 1.82) is 0 Å². The van der Waals surface area contributed by atoms with Crippen molar-refractivity contribution in [3.8, 4) is 5.75 Å². The van der Waals surface area contributed by atoms with Gasteiger partial charge in [0.2, 0.25) is 0 Å². The fourth-order valence-corrected chi connectivity index (χ4v) is 2.61. The summed E-state index contributed by atoms with van der Waals surface area (Å²) in [7, 11) is 0. The van der Waals surface area contributed by atoms with Crippen molar-refractivity contribution in [3.63, 3.8) is 0 Å². The van der Waals surface area contributed by atoms with Crippen molar-refractivity contribution >= 4 is 34.6 Å². The zero-order valence-electron chi connectivity index (χ0n) is 13.1. The second-order valence-corrected chi connectivity index (χ2v) is 5.85. The highest BCUT2D eigenvalue weighted by molar-refractivity contribution is 7.80. The third kappa shape index (κ3) is 6.08. The molecule has 0 radical (unpaired) electrons. The third-order valence-electron chi connectivity index (χ3n) is 3.29. The van der Waals surface area contributed by atoms with Crippen LogP contribution in [-0.4, -0.2) is 18.3 Å². The van der Waals surface area contributed by atoms with Crippen LogP contribution in [0, 0.1) is 0 Å². The van der Waals surface area contributed by atoms with Gasteiger partial charge in [0.15, 0.2) is 5.11 Å². The number of ether oxygens (including phenoxy) is 1. The minimum absolute atomic E-state index is 0.619. The van der Waals surface area contributed by atoms with Gasteiger partial charge in [0, 0.05) is 17.3 Å². The second-order valence-electron chi connectivity index (χ2n) is 5.03. The van der Waals surface area contributed by atoms with Gasteiger partial charge < -0.3 is 15.4 Å². The van der Waals surface area contributed by atoms with Gasteiger partial charge in [-0.2, -0.15) is 0 Å². The monoisotopic (exact) mass is 348 g/mol. The maximum Gasteiger partial charge on any atom is 0.170 e. The van der Waals surface area contributed by atoms with Crippen LogP contribution in [0.5, 0.6) is 5.75 Å². The molecule has 0 aliphatic carbocycles. The molecule has 2 aromatic rings. The van der Waals surface area contributed by atoms with Gasteiger partial charge in [0.1, 0.15) is 5.75 Å². The molecule has 0 aromatic heterocycles. The largest absolute Gasteiger partial charge is 0.494 e. The summed E-state index contributed by atoms with van der Waals surface area (Å²) < 4.78 is 5.41. The van der Waals surface area contributed by atoms with Crippen LogP contribution < -0.4 is 15.4 Å². The topological polar surface area (TPSA) is 33.3 Å². The molecule has 0 spiro atoms. The predicted octanol–water partition coefficient (Wildman–Crippen LogP) is 4.66. The minimum atomic E-state index is 0.619. The van der Waals surface area contributed by atoms with Crippen LogP contribution in [0.4, 0.5) is 5.69 Å². The Labute approximate surface area is 148 Å². The molecule has 3 nitrogen and oxygen atoms in total. The van der Waals surface area contributed by atoms with E-state index in [0.29, 0.717) is 11.7 Å². The summed E-state index contributed by atoms with van der Waals surface area (Å²) in [5.74, 6) is 0.858. The Morgan fingerprint density at radius 2 is 1.87 bits per heavy atom. The fraction of sp³-hybridized carbons (Fsp3) is 0.278. The Morgan fingerprint density at radius 3 is 2.57 bits per heavy atom. The summed E-state index contributed by atoms with van der Waals surface area (Å²) in [4.78, 5) is 0. The molecule has 0 saturated carbocycles. The maximum absolute atomic E-state index is 6.14. The zero-order chi connectivity index (χ0) is 16.5. The molecule has 23 heavy (non-hydrogen) atoms. The molecular weight excluding hydrogens is 328 g/mol. The van der Waals surface area contributed by atoms with Crippen LogP contribution in [0.1, 0.15) is 18.9 Å². The number of hydrogen-bond donors (Lipinski definition) is 2. The number of nitrogens with one attached hydrogen (secondary N) is 2. The van der Waals surface area contributed by atoms with Gasteiger partial charge in [-0.3, -0.25) is 0 Å². The Hall–Kier alpha value is -1.78. The van der Waals surface area contributed by atoms with Crippen molar-refractivity contribution in [2.45, 2.75) is 19.8 Å². The minimum Gasteiger partial charge on any atom is -0.494 e. The van der Waals surface area contributed by atoms with Gasteiger partial charge >= 0.3 is 0 Å². The average Bonchev–Trinajstić information content (AvgIpc) is 2.55. The van der Waals surface area contributed by atoms with Gasteiger partial charge in [0.05, 0.1) is 6.61 Å². The number of hydrogen-bond acceptors (Lipinski definition) is 2. The SMILES string of the molecule is CCOc1ccc(NC(=S)NCCCc2ccccc2Cl)cc1. The normalized spacial score (nSPS) is 10.2. The van der Waals surface area contributed by atoms with E-state index in [1.807, 2.05) is 49.4 Å². The third-order valence-corrected chi connectivity index (χ3v) is 3.90. The van der Waals surface area contributed by atoms with Crippen LogP contribution in [-0.2, 0) is 6.42 Å². The molecule has 0 aliphatic rings.